The van der Waals surface area contributed by atoms with E-state index in [1.165, 1.54) is 0 Å². The van der Waals surface area contributed by atoms with Crippen LogP contribution < -0.4 is 4.74 Å². The minimum Gasteiger partial charge on any atom is -0.497 e. The summed E-state index contributed by atoms with van der Waals surface area (Å²) in [5.41, 5.74) is 2.81. The Morgan fingerprint density at radius 2 is 1.73 bits per heavy atom. The second kappa shape index (κ2) is 5.85. The molecule has 0 unspecified atom stereocenters. The predicted octanol–water partition coefficient (Wildman–Crippen LogP) is 3.43. The Morgan fingerprint density at radius 1 is 1.05 bits per heavy atom. The van der Waals surface area contributed by atoms with Crippen LogP contribution in [0.25, 0.3) is 5.57 Å². The molecule has 0 atom stereocenters. The normalized spacial score (nSPS) is 16.1. The van der Waals surface area contributed by atoms with Crippen LogP contribution in [-0.2, 0) is 9.53 Å². The summed E-state index contributed by atoms with van der Waals surface area (Å²) >= 11 is 0. The van der Waals surface area contributed by atoms with Gasteiger partial charge in [0.2, 0.25) is 5.90 Å². The molecular weight excluding hydrogens is 278 g/mol. The van der Waals surface area contributed by atoms with Crippen molar-refractivity contribution in [2.45, 2.75) is 6.92 Å². The molecule has 1 aliphatic heterocycles. The van der Waals surface area contributed by atoms with Gasteiger partial charge in [-0.15, -0.1) is 0 Å². The summed E-state index contributed by atoms with van der Waals surface area (Å²) in [6.45, 7) is 1.86. The van der Waals surface area contributed by atoms with E-state index < -0.39 is 5.97 Å². The summed E-state index contributed by atoms with van der Waals surface area (Å²) in [6.07, 6.45) is 0. The van der Waals surface area contributed by atoms with Gasteiger partial charge in [-0.25, -0.2) is 9.79 Å². The van der Waals surface area contributed by atoms with Gasteiger partial charge in [-0.3, -0.25) is 0 Å². The van der Waals surface area contributed by atoms with Crippen molar-refractivity contribution in [3.8, 4) is 5.75 Å². The number of ether oxygens (including phenoxy) is 2. The molecule has 0 aromatic heterocycles. The molecule has 0 aliphatic carbocycles. The van der Waals surface area contributed by atoms with E-state index in [-0.39, 0.29) is 0 Å². The maximum absolute atomic E-state index is 12.1. The summed E-state index contributed by atoms with van der Waals surface area (Å²) in [5, 5.41) is 0. The molecule has 1 aliphatic rings. The monoisotopic (exact) mass is 293 g/mol. The van der Waals surface area contributed by atoms with Crippen molar-refractivity contribution in [3.05, 3.63) is 71.4 Å². The van der Waals surface area contributed by atoms with Crippen molar-refractivity contribution in [1.82, 2.24) is 0 Å². The standard InChI is InChI=1S/C18H15NO3/c1-12(13-8-10-15(21-2)11-9-13)16-18(20)22-17(19-16)14-6-4-3-5-7-14/h3-11H,1-2H3/b16-12+. The minimum atomic E-state index is -0.424. The second-order valence-electron chi connectivity index (χ2n) is 4.87. The highest BCUT2D eigenvalue weighted by molar-refractivity contribution is 6.14. The zero-order valence-corrected chi connectivity index (χ0v) is 12.4. The smallest absolute Gasteiger partial charge is 0.364 e. The predicted molar refractivity (Wildman–Crippen MR) is 84.7 cm³/mol. The molecule has 22 heavy (non-hydrogen) atoms. The summed E-state index contributed by atoms with van der Waals surface area (Å²) in [4.78, 5) is 16.4. The van der Waals surface area contributed by atoms with E-state index in [1.54, 1.807) is 7.11 Å². The largest absolute Gasteiger partial charge is 0.497 e. The first-order valence-corrected chi connectivity index (χ1v) is 6.90. The SMILES string of the molecule is COc1ccc(/C(C)=C2/N=C(c3ccccc3)OC2=O)cc1. The van der Waals surface area contributed by atoms with Gasteiger partial charge >= 0.3 is 5.97 Å². The lowest BCUT2D eigenvalue weighted by molar-refractivity contribution is -0.129. The van der Waals surface area contributed by atoms with Crippen molar-refractivity contribution in [2.75, 3.05) is 7.11 Å². The molecule has 0 spiro atoms. The van der Waals surface area contributed by atoms with Gasteiger partial charge < -0.3 is 9.47 Å². The Bertz CT molecular complexity index is 759. The highest BCUT2D eigenvalue weighted by Crippen LogP contribution is 2.26. The molecule has 0 amide bonds. The van der Waals surface area contributed by atoms with Crippen LogP contribution >= 0.6 is 0 Å². The molecule has 2 aromatic carbocycles. The number of allylic oxidation sites excluding steroid dienone is 1. The maximum Gasteiger partial charge on any atom is 0.364 e. The van der Waals surface area contributed by atoms with E-state index in [4.69, 9.17) is 9.47 Å². The highest BCUT2D eigenvalue weighted by Gasteiger charge is 2.26. The number of rotatable bonds is 3. The second-order valence-corrected chi connectivity index (χ2v) is 4.87. The molecule has 0 bridgehead atoms. The van der Waals surface area contributed by atoms with Crippen LogP contribution in [0.5, 0.6) is 5.75 Å². The number of nitrogens with zero attached hydrogens (tertiary/aromatic N) is 1. The molecule has 110 valence electrons. The molecule has 0 saturated heterocycles. The maximum atomic E-state index is 12.1. The van der Waals surface area contributed by atoms with E-state index in [2.05, 4.69) is 4.99 Å². The van der Waals surface area contributed by atoms with E-state index in [0.29, 0.717) is 11.6 Å². The number of cyclic esters (lactones) is 1. The quantitative estimate of drug-likeness (QED) is 0.643. The first-order valence-electron chi connectivity index (χ1n) is 6.90. The van der Waals surface area contributed by atoms with Crippen LogP contribution in [0, 0.1) is 0 Å². The Kier molecular flexibility index (Phi) is 3.74. The van der Waals surface area contributed by atoms with Crippen molar-refractivity contribution in [1.29, 1.82) is 0 Å². The van der Waals surface area contributed by atoms with E-state index in [0.717, 1.165) is 22.4 Å². The van der Waals surface area contributed by atoms with Crippen molar-refractivity contribution >= 4 is 17.4 Å². The number of hydrogen-bond donors (Lipinski definition) is 0. The van der Waals surface area contributed by atoms with Crippen molar-refractivity contribution < 1.29 is 14.3 Å². The Hall–Kier alpha value is -2.88. The zero-order valence-electron chi connectivity index (χ0n) is 12.4. The van der Waals surface area contributed by atoms with Gasteiger partial charge in [0, 0.05) is 5.56 Å². The van der Waals surface area contributed by atoms with Crippen LogP contribution in [0.3, 0.4) is 0 Å². The van der Waals surface area contributed by atoms with Gasteiger partial charge in [-0.05, 0) is 42.3 Å². The fraction of sp³-hybridized carbons (Fsp3) is 0.111. The lowest BCUT2D eigenvalue weighted by Crippen LogP contribution is -2.05. The summed E-state index contributed by atoms with van der Waals surface area (Å²) in [5.74, 6) is 0.685. The van der Waals surface area contributed by atoms with E-state index >= 15 is 0 Å². The first-order chi connectivity index (χ1) is 10.7. The number of hydrogen-bond acceptors (Lipinski definition) is 4. The number of carbonyl (C=O) groups is 1. The topological polar surface area (TPSA) is 47.9 Å². The van der Waals surface area contributed by atoms with E-state index in [9.17, 15) is 4.79 Å². The first kappa shape index (κ1) is 14.1. The van der Waals surface area contributed by atoms with Gasteiger partial charge in [0.05, 0.1) is 7.11 Å². The highest BCUT2D eigenvalue weighted by atomic mass is 16.6. The Balaban J connectivity index is 1.98. The molecule has 0 radical (unpaired) electrons. The molecule has 4 nitrogen and oxygen atoms in total. The molecule has 1 heterocycles. The van der Waals surface area contributed by atoms with Crippen LogP contribution in [0.2, 0.25) is 0 Å². The average molecular weight is 293 g/mol. The van der Waals surface area contributed by atoms with Crippen LogP contribution in [0.4, 0.5) is 0 Å². The molecule has 0 saturated carbocycles. The third-order valence-electron chi connectivity index (χ3n) is 3.50. The Morgan fingerprint density at radius 3 is 2.36 bits per heavy atom. The zero-order chi connectivity index (χ0) is 15.5. The van der Waals surface area contributed by atoms with Gasteiger partial charge in [0.25, 0.3) is 0 Å². The van der Waals surface area contributed by atoms with Gasteiger partial charge in [-0.1, -0.05) is 30.3 Å². The van der Waals surface area contributed by atoms with Crippen LogP contribution in [-0.4, -0.2) is 19.0 Å². The average Bonchev–Trinajstić information content (AvgIpc) is 2.97. The number of carbonyl (C=O) groups excluding carboxylic acids is 1. The Labute approximate surface area is 128 Å². The molecule has 2 aromatic rings. The summed E-state index contributed by atoms with van der Waals surface area (Å²) < 4.78 is 10.4. The number of esters is 1. The molecule has 0 N–H and O–H groups in total. The molecular formula is C18H15NO3. The van der Waals surface area contributed by atoms with Gasteiger partial charge in [0.15, 0.2) is 5.70 Å². The molecule has 0 fully saturated rings. The van der Waals surface area contributed by atoms with Gasteiger partial charge in [-0.2, -0.15) is 0 Å². The number of benzene rings is 2. The van der Waals surface area contributed by atoms with Crippen molar-refractivity contribution in [2.24, 2.45) is 4.99 Å². The third-order valence-corrected chi connectivity index (χ3v) is 3.50. The van der Waals surface area contributed by atoms with Gasteiger partial charge in [0.1, 0.15) is 5.75 Å². The lowest BCUT2D eigenvalue weighted by atomic mass is 10.1. The van der Waals surface area contributed by atoms with Crippen molar-refractivity contribution in [3.63, 3.8) is 0 Å². The number of methoxy groups -OCH3 is 1. The summed E-state index contributed by atoms with van der Waals surface area (Å²) in [6, 6.07) is 16.9. The fourth-order valence-corrected chi connectivity index (χ4v) is 2.23. The molecule has 4 heteroatoms. The van der Waals surface area contributed by atoms with Crippen LogP contribution in [0.1, 0.15) is 18.1 Å². The molecule has 3 rings (SSSR count). The number of aliphatic imine (C=N–C) groups is 1. The fourth-order valence-electron chi connectivity index (χ4n) is 2.23. The minimum absolute atomic E-state index is 0.337. The third kappa shape index (κ3) is 2.63. The lowest BCUT2D eigenvalue weighted by Gasteiger charge is -2.04. The van der Waals surface area contributed by atoms with E-state index in [1.807, 2.05) is 61.5 Å². The van der Waals surface area contributed by atoms with Crippen LogP contribution in [0.15, 0.2) is 65.3 Å². The summed E-state index contributed by atoms with van der Waals surface area (Å²) in [7, 11) is 1.62.